The quantitative estimate of drug-likeness (QED) is 0.317. The molecule has 0 saturated heterocycles. The minimum absolute atomic E-state index is 0.0519. The predicted octanol–water partition coefficient (Wildman–Crippen LogP) is 2.59. The Morgan fingerprint density at radius 1 is 1.10 bits per heavy atom. The second-order valence-corrected chi connectivity index (χ2v) is 10.6. The Morgan fingerprint density at radius 2 is 1.83 bits per heavy atom. The maximum atomic E-state index is 14.1. The Hall–Kier alpha value is -4.54. The van der Waals surface area contributed by atoms with Crippen LogP contribution in [0.3, 0.4) is 0 Å². The van der Waals surface area contributed by atoms with Crippen molar-refractivity contribution in [1.29, 1.82) is 0 Å². The number of ketones is 4. The standard InChI is InChI=1S/C30H22ClNO9/c1-3-4-5-6-11-9-13-16(29(40)32-11)26(37)21-12(22(13)31)7-8-30(21)27(38)19-20(28(30)39)25(36)18-17(24(19)35)14(33)10-15(41-2)23(18)34/h3-6,9-10,18,25,35-37H,7-8H2,1-2H3,(H,32,40)/b4-3+,6-5+. The van der Waals surface area contributed by atoms with Gasteiger partial charge in [0, 0.05) is 28.3 Å². The van der Waals surface area contributed by atoms with Crippen LogP contribution in [-0.2, 0) is 35.8 Å². The van der Waals surface area contributed by atoms with Crippen molar-refractivity contribution in [2.75, 3.05) is 7.11 Å². The topological polar surface area (TPSA) is 171 Å². The van der Waals surface area contributed by atoms with E-state index < -0.39 is 74.4 Å². The van der Waals surface area contributed by atoms with Gasteiger partial charge in [-0.3, -0.25) is 24.0 Å². The second-order valence-electron chi connectivity index (χ2n) is 10.2. The molecule has 3 atom stereocenters. The molecule has 0 bridgehead atoms. The van der Waals surface area contributed by atoms with E-state index in [1.807, 2.05) is 6.92 Å². The van der Waals surface area contributed by atoms with Crippen molar-refractivity contribution in [2.24, 2.45) is 5.92 Å². The largest absolute Gasteiger partial charge is 0.507 e. The molecule has 10 nitrogen and oxygen atoms in total. The molecule has 0 saturated carbocycles. The summed E-state index contributed by atoms with van der Waals surface area (Å²) in [5, 5.41) is 33.9. The summed E-state index contributed by atoms with van der Waals surface area (Å²) in [4.78, 5) is 69.8. The normalized spacial score (nSPS) is 25.7. The molecule has 4 N–H and O–H groups in total. The minimum atomic E-state index is -2.13. The van der Waals surface area contributed by atoms with Crippen LogP contribution in [-0.4, -0.2) is 56.7 Å². The number of methoxy groups -OCH3 is 1. The zero-order valence-electron chi connectivity index (χ0n) is 21.7. The number of phenolic OH excluding ortho intramolecular Hbond substituents is 1. The predicted molar refractivity (Wildman–Crippen MR) is 146 cm³/mol. The van der Waals surface area contributed by atoms with Crippen molar-refractivity contribution < 1.29 is 39.2 Å². The molecule has 1 spiro atoms. The molecule has 2 aromatic rings. The summed E-state index contributed by atoms with van der Waals surface area (Å²) >= 11 is 6.74. The zero-order valence-corrected chi connectivity index (χ0v) is 22.5. The number of aliphatic hydroxyl groups is 2. The van der Waals surface area contributed by atoms with Gasteiger partial charge in [-0.05, 0) is 37.5 Å². The summed E-state index contributed by atoms with van der Waals surface area (Å²) in [6.45, 7) is 1.83. The summed E-state index contributed by atoms with van der Waals surface area (Å²) in [5.74, 6) is -7.16. The molecule has 0 radical (unpaired) electrons. The van der Waals surface area contributed by atoms with Crippen LogP contribution in [0.25, 0.3) is 16.8 Å². The number of allylic oxidation sites excluding steroid dienone is 6. The number of H-pyrrole nitrogens is 1. The number of phenols is 1. The van der Waals surface area contributed by atoms with E-state index in [0.717, 1.165) is 13.2 Å². The van der Waals surface area contributed by atoms with Gasteiger partial charge in [0.25, 0.3) is 5.56 Å². The third kappa shape index (κ3) is 3.25. The second kappa shape index (κ2) is 8.98. The number of aromatic hydroxyl groups is 1. The lowest BCUT2D eigenvalue weighted by molar-refractivity contribution is -0.129. The first-order valence-corrected chi connectivity index (χ1v) is 13.1. The fourth-order valence-corrected chi connectivity index (χ4v) is 6.84. The van der Waals surface area contributed by atoms with Crippen LogP contribution in [0.1, 0.15) is 30.2 Å². The molecule has 0 amide bonds. The van der Waals surface area contributed by atoms with Gasteiger partial charge in [0.2, 0.25) is 5.78 Å². The fourth-order valence-electron chi connectivity index (χ4n) is 6.51. The number of fused-ring (bicyclic) bond motifs is 4. The van der Waals surface area contributed by atoms with Crippen LogP contribution in [0.5, 0.6) is 5.75 Å². The Bertz CT molecular complexity index is 1890. The lowest BCUT2D eigenvalue weighted by Gasteiger charge is -2.31. The molecule has 1 heterocycles. The van der Waals surface area contributed by atoms with Crippen molar-refractivity contribution in [3.63, 3.8) is 0 Å². The number of Topliss-reactive ketones (excluding diaryl/α,β-unsaturated/α-hetero) is 3. The monoisotopic (exact) mass is 575 g/mol. The van der Waals surface area contributed by atoms with Gasteiger partial charge in [0.15, 0.2) is 23.1 Å². The lowest BCUT2D eigenvalue weighted by atomic mass is 9.73. The number of rotatable bonds is 3. The van der Waals surface area contributed by atoms with Crippen molar-refractivity contribution in [2.45, 2.75) is 31.3 Å². The summed E-state index contributed by atoms with van der Waals surface area (Å²) in [7, 11) is 1.15. The highest BCUT2D eigenvalue weighted by atomic mass is 35.5. The molecule has 4 aliphatic rings. The number of ether oxygens (including phenoxy) is 1. The molecule has 1 aromatic carbocycles. The number of pyridine rings is 1. The highest BCUT2D eigenvalue weighted by molar-refractivity contribution is 6.39. The molecule has 1 aromatic heterocycles. The van der Waals surface area contributed by atoms with Crippen LogP contribution >= 0.6 is 11.6 Å². The number of aliphatic hydroxyl groups excluding tert-OH is 2. The maximum Gasteiger partial charge on any atom is 0.260 e. The molecule has 0 fully saturated rings. The Kier molecular flexibility index (Phi) is 5.84. The number of nitrogens with one attached hydrogen (secondary N) is 1. The Balaban J connectivity index is 1.56. The van der Waals surface area contributed by atoms with E-state index in [1.165, 1.54) is 0 Å². The first-order valence-electron chi connectivity index (χ1n) is 12.7. The van der Waals surface area contributed by atoms with Gasteiger partial charge in [0.1, 0.15) is 16.9 Å². The summed E-state index contributed by atoms with van der Waals surface area (Å²) in [6, 6.07) is 1.56. The van der Waals surface area contributed by atoms with Crippen LogP contribution in [0.15, 0.2) is 63.4 Å². The van der Waals surface area contributed by atoms with E-state index in [-0.39, 0.29) is 45.5 Å². The number of hydrogen-bond acceptors (Lipinski definition) is 9. The Morgan fingerprint density at radius 3 is 2.51 bits per heavy atom. The lowest BCUT2D eigenvalue weighted by Crippen LogP contribution is -2.43. The van der Waals surface area contributed by atoms with E-state index >= 15 is 0 Å². The molecular weight excluding hydrogens is 554 g/mol. The minimum Gasteiger partial charge on any atom is -0.507 e. The van der Waals surface area contributed by atoms with Crippen LogP contribution in [0, 0.1) is 5.92 Å². The zero-order chi connectivity index (χ0) is 29.5. The number of halogens is 1. The van der Waals surface area contributed by atoms with Gasteiger partial charge in [-0.2, -0.15) is 0 Å². The Labute approximate surface area is 236 Å². The van der Waals surface area contributed by atoms with Crippen LogP contribution < -0.4 is 5.56 Å². The molecule has 4 aliphatic carbocycles. The molecule has 0 aliphatic heterocycles. The van der Waals surface area contributed by atoms with Crippen LogP contribution in [0.4, 0.5) is 0 Å². The number of hydrogen-bond donors (Lipinski definition) is 4. The van der Waals surface area contributed by atoms with Crippen molar-refractivity contribution in [3.8, 4) is 5.75 Å². The smallest absolute Gasteiger partial charge is 0.260 e. The van der Waals surface area contributed by atoms with Crippen LogP contribution in [0.2, 0.25) is 5.02 Å². The van der Waals surface area contributed by atoms with E-state index in [4.69, 9.17) is 16.3 Å². The van der Waals surface area contributed by atoms with Crippen molar-refractivity contribution in [1.82, 2.24) is 4.98 Å². The van der Waals surface area contributed by atoms with Gasteiger partial charge in [-0.1, -0.05) is 29.8 Å². The van der Waals surface area contributed by atoms with Gasteiger partial charge < -0.3 is 25.0 Å². The highest BCUT2D eigenvalue weighted by Gasteiger charge is 2.65. The average Bonchev–Trinajstić information content (AvgIpc) is 3.45. The average molecular weight is 576 g/mol. The van der Waals surface area contributed by atoms with Gasteiger partial charge >= 0.3 is 0 Å². The molecule has 11 heteroatoms. The third-order valence-electron chi connectivity index (χ3n) is 8.29. The summed E-state index contributed by atoms with van der Waals surface area (Å²) in [6.07, 6.45) is 5.64. The molecular formula is C30H22ClNO9. The van der Waals surface area contributed by atoms with E-state index in [9.17, 15) is 39.3 Å². The highest BCUT2D eigenvalue weighted by Crippen LogP contribution is 2.57. The molecule has 6 rings (SSSR count). The fraction of sp³-hybridized carbons (Fsp3) is 0.233. The number of benzene rings is 1. The molecule has 208 valence electrons. The molecule has 41 heavy (non-hydrogen) atoms. The SMILES string of the molecule is C/C=C/C=C/c1cc2c(Cl)c3c(c(O)c2c(=O)[nH]1)C1(CC3)C(=O)C2=C(C1=O)C(O)C1C(=O)C(OC)=CC(=O)C1=C2O. The first kappa shape index (κ1) is 26.7. The number of aromatic nitrogens is 1. The third-order valence-corrected chi connectivity index (χ3v) is 8.72. The summed E-state index contributed by atoms with van der Waals surface area (Å²) in [5.41, 5.74) is -4.02. The molecule has 3 unspecified atom stereocenters. The van der Waals surface area contributed by atoms with Crippen molar-refractivity contribution >= 4 is 51.6 Å². The first-order chi connectivity index (χ1) is 19.5. The van der Waals surface area contributed by atoms with Gasteiger partial charge in [-0.25, -0.2) is 0 Å². The number of carbonyl (C=O) groups excluding carboxylic acids is 4. The van der Waals surface area contributed by atoms with E-state index in [0.29, 0.717) is 5.69 Å². The number of carbonyl (C=O) groups is 4. The van der Waals surface area contributed by atoms with E-state index in [2.05, 4.69) is 4.98 Å². The number of aromatic amines is 1. The van der Waals surface area contributed by atoms with Gasteiger partial charge in [0.05, 0.1) is 40.7 Å². The van der Waals surface area contributed by atoms with Gasteiger partial charge in [-0.15, -0.1) is 0 Å². The maximum absolute atomic E-state index is 14.1. The summed E-state index contributed by atoms with van der Waals surface area (Å²) < 4.78 is 4.94. The van der Waals surface area contributed by atoms with Crippen molar-refractivity contribution in [3.05, 3.63) is 90.8 Å². The van der Waals surface area contributed by atoms with E-state index in [1.54, 1.807) is 30.4 Å².